The van der Waals surface area contributed by atoms with Crippen LogP contribution >= 0.6 is 0 Å². The Morgan fingerprint density at radius 3 is 2.79 bits per heavy atom. The van der Waals surface area contributed by atoms with Gasteiger partial charge in [-0.3, -0.25) is 0 Å². The van der Waals surface area contributed by atoms with Gasteiger partial charge in [-0.05, 0) is 13.0 Å². The van der Waals surface area contributed by atoms with E-state index < -0.39 is 11.9 Å². The van der Waals surface area contributed by atoms with E-state index in [2.05, 4.69) is 15.3 Å². The normalized spacial score (nSPS) is 16.5. The fraction of sp³-hybridized carbons (Fsp3) is 0.500. The van der Waals surface area contributed by atoms with Gasteiger partial charge in [0.15, 0.2) is 5.69 Å². The van der Waals surface area contributed by atoms with E-state index in [-0.39, 0.29) is 5.56 Å². The lowest BCUT2D eigenvalue weighted by Gasteiger charge is -2.19. The molecule has 0 spiro atoms. The summed E-state index contributed by atoms with van der Waals surface area (Å²) in [6, 6.07) is 0. The fourth-order valence-electron chi connectivity index (χ4n) is 1.53. The summed E-state index contributed by atoms with van der Waals surface area (Å²) in [6.07, 6.45) is -3.07. The molecule has 0 amide bonds. The van der Waals surface area contributed by atoms with Crippen molar-refractivity contribution in [3.63, 3.8) is 0 Å². The van der Waals surface area contributed by atoms with E-state index in [9.17, 15) is 13.2 Å². The van der Waals surface area contributed by atoms with Crippen molar-refractivity contribution >= 4 is 0 Å². The van der Waals surface area contributed by atoms with Crippen LogP contribution in [-0.4, -0.2) is 16.5 Å². The van der Waals surface area contributed by atoms with Crippen molar-refractivity contribution in [1.82, 2.24) is 15.3 Å². The maximum Gasteiger partial charge on any atom is 0.433 e. The van der Waals surface area contributed by atoms with E-state index in [1.165, 1.54) is 0 Å². The predicted octanol–water partition coefficient (Wildman–Crippen LogP) is 1.14. The van der Waals surface area contributed by atoms with Gasteiger partial charge in [-0.15, -0.1) is 0 Å². The highest BCUT2D eigenvalue weighted by Crippen LogP contribution is 2.31. The van der Waals surface area contributed by atoms with Crippen LogP contribution in [0.3, 0.4) is 0 Å². The zero-order valence-corrected chi connectivity index (χ0v) is 7.23. The molecule has 1 aromatic heterocycles. The molecule has 1 aliphatic heterocycles. The molecule has 0 aliphatic carbocycles. The lowest BCUT2D eigenvalue weighted by Crippen LogP contribution is -2.28. The fourth-order valence-corrected chi connectivity index (χ4v) is 1.53. The van der Waals surface area contributed by atoms with Gasteiger partial charge in [0.25, 0.3) is 0 Å². The third kappa shape index (κ3) is 1.57. The number of alkyl halides is 3. The first-order valence-electron chi connectivity index (χ1n) is 4.19. The molecule has 3 nitrogen and oxygen atoms in total. The molecule has 0 saturated heterocycles. The Balaban J connectivity index is 2.51. The number of aromatic nitrogens is 2. The molecule has 0 fully saturated rings. The predicted molar refractivity (Wildman–Crippen MR) is 42.4 cm³/mol. The van der Waals surface area contributed by atoms with Gasteiger partial charge in [0.2, 0.25) is 0 Å². The molecule has 2 heterocycles. The van der Waals surface area contributed by atoms with Gasteiger partial charge in [0.1, 0.15) is 6.33 Å². The largest absolute Gasteiger partial charge is 0.433 e. The van der Waals surface area contributed by atoms with Gasteiger partial charge in [-0.2, -0.15) is 13.2 Å². The van der Waals surface area contributed by atoms with Crippen LogP contribution < -0.4 is 5.32 Å². The van der Waals surface area contributed by atoms with Crippen LogP contribution in [0.1, 0.15) is 17.0 Å². The Kier molecular flexibility index (Phi) is 2.14. The number of rotatable bonds is 0. The van der Waals surface area contributed by atoms with Crippen LogP contribution in [0.2, 0.25) is 0 Å². The van der Waals surface area contributed by atoms with E-state index in [1.807, 2.05) is 0 Å². The molecule has 2 rings (SSSR count). The number of nitrogens with one attached hydrogen (secondary N) is 1. The van der Waals surface area contributed by atoms with Crippen LogP contribution in [0.15, 0.2) is 6.33 Å². The first-order valence-corrected chi connectivity index (χ1v) is 4.19. The molecule has 0 radical (unpaired) electrons. The average Bonchev–Trinajstić information content (AvgIpc) is 2.15. The molecular weight excluding hydrogens is 195 g/mol. The van der Waals surface area contributed by atoms with Crippen molar-refractivity contribution < 1.29 is 13.2 Å². The minimum absolute atomic E-state index is 0.235. The molecule has 1 N–H and O–H groups in total. The van der Waals surface area contributed by atoms with Gasteiger partial charge in [-0.25, -0.2) is 9.97 Å². The third-order valence-corrected chi connectivity index (χ3v) is 2.15. The lowest BCUT2D eigenvalue weighted by molar-refractivity contribution is -0.142. The second-order valence-electron chi connectivity index (χ2n) is 3.07. The van der Waals surface area contributed by atoms with Gasteiger partial charge in [0.05, 0.1) is 5.69 Å². The van der Waals surface area contributed by atoms with Crippen LogP contribution in [-0.2, 0) is 19.1 Å². The second kappa shape index (κ2) is 3.20. The maximum absolute atomic E-state index is 12.5. The SMILES string of the molecule is FC(F)(F)c1ncnc2c1CCNC2. The summed E-state index contributed by atoms with van der Waals surface area (Å²) < 4.78 is 37.4. The third-order valence-electron chi connectivity index (χ3n) is 2.15. The van der Waals surface area contributed by atoms with Crippen LogP contribution in [0.4, 0.5) is 13.2 Å². The average molecular weight is 203 g/mol. The summed E-state index contributed by atoms with van der Waals surface area (Å²) in [4.78, 5) is 7.12. The number of halogens is 3. The van der Waals surface area contributed by atoms with E-state index in [1.54, 1.807) is 0 Å². The summed E-state index contributed by atoms with van der Waals surface area (Å²) in [7, 11) is 0. The Bertz CT molecular complexity index is 348. The lowest BCUT2D eigenvalue weighted by atomic mass is 10.0. The molecule has 0 atom stereocenters. The molecule has 0 saturated carbocycles. The quantitative estimate of drug-likeness (QED) is 0.687. The van der Waals surface area contributed by atoms with Crippen molar-refractivity contribution in [3.8, 4) is 0 Å². The zero-order valence-electron chi connectivity index (χ0n) is 7.23. The van der Waals surface area contributed by atoms with Crippen molar-refractivity contribution in [2.24, 2.45) is 0 Å². The van der Waals surface area contributed by atoms with E-state index in [0.717, 1.165) is 6.33 Å². The number of nitrogens with zero attached hydrogens (tertiary/aromatic N) is 2. The second-order valence-corrected chi connectivity index (χ2v) is 3.07. The molecule has 1 aliphatic rings. The molecule has 76 valence electrons. The van der Waals surface area contributed by atoms with Gasteiger partial charge in [-0.1, -0.05) is 0 Å². The smallest absolute Gasteiger partial charge is 0.311 e. The standard InChI is InChI=1S/C8H8F3N3/c9-8(10,11)7-5-1-2-12-3-6(5)13-4-14-7/h4,12H,1-3H2. The monoisotopic (exact) mass is 203 g/mol. The Labute approximate surface area is 78.4 Å². The van der Waals surface area contributed by atoms with Crippen LogP contribution in [0.25, 0.3) is 0 Å². The maximum atomic E-state index is 12.5. The van der Waals surface area contributed by atoms with Crippen molar-refractivity contribution in [1.29, 1.82) is 0 Å². The zero-order chi connectivity index (χ0) is 10.2. The summed E-state index contributed by atoms with van der Waals surface area (Å²) in [6.45, 7) is 0.935. The van der Waals surface area contributed by atoms with E-state index in [4.69, 9.17) is 0 Å². The molecule has 14 heavy (non-hydrogen) atoms. The molecule has 1 aromatic rings. The molecule has 0 unspecified atom stereocenters. The summed E-state index contributed by atoms with van der Waals surface area (Å²) in [5.74, 6) is 0. The topological polar surface area (TPSA) is 37.8 Å². The summed E-state index contributed by atoms with van der Waals surface area (Å²) in [5, 5.41) is 2.96. The summed E-state index contributed by atoms with van der Waals surface area (Å²) in [5.41, 5.74) is -0.0960. The van der Waals surface area contributed by atoms with Gasteiger partial charge in [0, 0.05) is 12.1 Å². The summed E-state index contributed by atoms with van der Waals surface area (Å²) >= 11 is 0. The highest BCUT2D eigenvalue weighted by atomic mass is 19.4. The molecule has 0 aromatic carbocycles. The number of fused-ring (bicyclic) bond motifs is 1. The molecule has 6 heteroatoms. The Morgan fingerprint density at radius 2 is 2.07 bits per heavy atom. The molecular formula is C8H8F3N3. The van der Waals surface area contributed by atoms with Crippen molar-refractivity contribution in [3.05, 3.63) is 23.3 Å². The first-order chi connectivity index (χ1) is 6.59. The van der Waals surface area contributed by atoms with Gasteiger partial charge >= 0.3 is 6.18 Å². The van der Waals surface area contributed by atoms with E-state index in [0.29, 0.717) is 25.2 Å². The minimum Gasteiger partial charge on any atom is -0.311 e. The Hall–Kier alpha value is -1.17. The van der Waals surface area contributed by atoms with Crippen molar-refractivity contribution in [2.75, 3.05) is 6.54 Å². The van der Waals surface area contributed by atoms with Crippen molar-refractivity contribution in [2.45, 2.75) is 19.1 Å². The number of hydrogen-bond acceptors (Lipinski definition) is 3. The first kappa shape index (κ1) is 9.39. The van der Waals surface area contributed by atoms with E-state index >= 15 is 0 Å². The van der Waals surface area contributed by atoms with Gasteiger partial charge < -0.3 is 5.32 Å². The van der Waals surface area contributed by atoms with Crippen LogP contribution in [0.5, 0.6) is 0 Å². The highest BCUT2D eigenvalue weighted by Gasteiger charge is 2.36. The Morgan fingerprint density at radius 1 is 1.29 bits per heavy atom. The molecule has 0 bridgehead atoms. The highest BCUT2D eigenvalue weighted by molar-refractivity contribution is 5.28. The minimum atomic E-state index is -4.37. The van der Waals surface area contributed by atoms with Crippen LogP contribution in [0, 0.1) is 0 Å². The number of hydrogen-bond donors (Lipinski definition) is 1.